The molecule has 0 atom stereocenters. The first-order valence-electron chi connectivity index (χ1n) is 6.82. The molecular weight excluding hydrogens is 208 g/mol. The molecule has 0 aromatic heterocycles. The van der Waals surface area contributed by atoms with Gasteiger partial charge >= 0.3 is 0 Å². The third-order valence-electron chi connectivity index (χ3n) is 3.72. The lowest BCUT2D eigenvalue weighted by atomic mass is 9.93. The Kier molecular flexibility index (Phi) is 3.93. The Morgan fingerprint density at radius 3 is 2.18 bits per heavy atom. The van der Waals surface area contributed by atoms with Crippen molar-refractivity contribution in [3.63, 3.8) is 0 Å². The van der Waals surface area contributed by atoms with Gasteiger partial charge in [-0.25, -0.2) is 0 Å². The van der Waals surface area contributed by atoms with Gasteiger partial charge in [-0.05, 0) is 51.0 Å². The predicted octanol–water partition coefficient (Wildman–Crippen LogP) is 3.82. The molecule has 0 bridgehead atoms. The van der Waals surface area contributed by atoms with E-state index < -0.39 is 0 Å². The lowest BCUT2D eigenvalue weighted by molar-refractivity contribution is 0.398. The normalized spacial score (nSPS) is 17.4. The van der Waals surface area contributed by atoms with Crippen molar-refractivity contribution in [1.29, 1.82) is 0 Å². The quantitative estimate of drug-likeness (QED) is 0.803. The monoisotopic (exact) mass is 232 g/mol. The van der Waals surface area contributed by atoms with Gasteiger partial charge in [0.05, 0.1) is 0 Å². The van der Waals surface area contributed by atoms with Crippen LogP contribution >= 0.6 is 0 Å². The molecule has 0 heterocycles. The Morgan fingerprint density at radius 2 is 1.65 bits per heavy atom. The number of anilines is 2. The molecule has 0 radical (unpaired) electrons. The first-order valence-corrected chi connectivity index (χ1v) is 6.82. The minimum absolute atomic E-state index is 0.557. The molecule has 1 fully saturated rings. The van der Waals surface area contributed by atoms with Gasteiger partial charge in [0.25, 0.3) is 0 Å². The van der Waals surface area contributed by atoms with Gasteiger partial charge in [-0.1, -0.05) is 19.3 Å². The lowest BCUT2D eigenvalue weighted by Crippen LogP contribution is -2.41. The van der Waals surface area contributed by atoms with Crippen LogP contribution < -0.4 is 10.6 Å². The standard InChI is InChI=1S/C15H24N2/c1-12(2)17(14-6-4-3-5-7-14)15-10-8-13(16)9-11-15/h8-12,14H,3-7,16H2,1-2H3. The molecule has 1 aromatic rings. The topological polar surface area (TPSA) is 29.3 Å². The molecule has 2 nitrogen and oxygen atoms in total. The van der Waals surface area contributed by atoms with Gasteiger partial charge in [0.1, 0.15) is 0 Å². The summed E-state index contributed by atoms with van der Waals surface area (Å²) in [6, 6.07) is 9.60. The van der Waals surface area contributed by atoms with Crippen LogP contribution in [0.3, 0.4) is 0 Å². The summed E-state index contributed by atoms with van der Waals surface area (Å²) in [7, 11) is 0. The number of nitrogen functional groups attached to an aromatic ring is 1. The Bertz CT molecular complexity index is 336. The summed E-state index contributed by atoms with van der Waals surface area (Å²) in [4.78, 5) is 2.57. The highest BCUT2D eigenvalue weighted by molar-refractivity contribution is 5.54. The summed E-state index contributed by atoms with van der Waals surface area (Å²) in [5.74, 6) is 0. The molecule has 2 N–H and O–H groups in total. The molecule has 94 valence electrons. The van der Waals surface area contributed by atoms with Gasteiger partial charge < -0.3 is 10.6 Å². The second-order valence-electron chi connectivity index (χ2n) is 5.38. The van der Waals surface area contributed by atoms with Crippen molar-refractivity contribution in [3.05, 3.63) is 24.3 Å². The SMILES string of the molecule is CC(C)N(c1ccc(N)cc1)C1CCCCC1. The molecule has 0 aliphatic heterocycles. The molecule has 2 heteroatoms. The van der Waals surface area contributed by atoms with Gasteiger partial charge in [-0.3, -0.25) is 0 Å². The Labute approximate surface area is 105 Å². The van der Waals surface area contributed by atoms with E-state index in [2.05, 4.69) is 30.9 Å². The van der Waals surface area contributed by atoms with Crippen LogP contribution in [0.15, 0.2) is 24.3 Å². The smallest absolute Gasteiger partial charge is 0.0372 e. The van der Waals surface area contributed by atoms with Gasteiger partial charge in [0, 0.05) is 23.5 Å². The third-order valence-corrected chi connectivity index (χ3v) is 3.72. The zero-order valence-electron chi connectivity index (χ0n) is 11.0. The van der Waals surface area contributed by atoms with Crippen molar-refractivity contribution in [2.45, 2.75) is 58.0 Å². The molecule has 1 aromatic carbocycles. The zero-order valence-corrected chi connectivity index (χ0v) is 11.0. The Morgan fingerprint density at radius 1 is 1.06 bits per heavy atom. The van der Waals surface area contributed by atoms with Crippen molar-refractivity contribution in [3.8, 4) is 0 Å². The molecule has 0 saturated heterocycles. The zero-order chi connectivity index (χ0) is 12.3. The van der Waals surface area contributed by atoms with E-state index >= 15 is 0 Å². The van der Waals surface area contributed by atoms with Crippen LogP contribution in [0.5, 0.6) is 0 Å². The van der Waals surface area contributed by atoms with E-state index in [-0.39, 0.29) is 0 Å². The van der Waals surface area contributed by atoms with E-state index in [1.54, 1.807) is 0 Å². The van der Waals surface area contributed by atoms with E-state index in [1.807, 2.05) is 12.1 Å². The van der Waals surface area contributed by atoms with E-state index in [4.69, 9.17) is 5.73 Å². The van der Waals surface area contributed by atoms with Crippen molar-refractivity contribution in [1.82, 2.24) is 0 Å². The molecule has 2 rings (SSSR count). The van der Waals surface area contributed by atoms with E-state index in [0.29, 0.717) is 12.1 Å². The van der Waals surface area contributed by atoms with Crippen LogP contribution in [0.25, 0.3) is 0 Å². The van der Waals surface area contributed by atoms with E-state index in [9.17, 15) is 0 Å². The number of nitrogens with zero attached hydrogens (tertiary/aromatic N) is 1. The van der Waals surface area contributed by atoms with Crippen LogP contribution in [0.2, 0.25) is 0 Å². The summed E-state index contributed by atoms with van der Waals surface area (Å²) < 4.78 is 0. The maximum absolute atomic E-state index is 5.76. The first kappa shape index (κ1) is 12.3. The van der Waals surface area contributed by atoms with Crippen LogP contribution in [-0.4, -0.2) is 12.1 Å². The second-order valence-corrected chi connectivity index (χ2v) is 5.38. The average Bonchev–Trinajstić information content (AvgIpc) is 2.33. The fourth-order valence-electron chi connectivity index (χ4n) is 2.94. The van der Waals surface area contributed by atoms with Gasteiger partial charge in [-0.2, -0.15) is 0 Å². The Hall–Kier alpha value is -1.18. The van der Waals surface area contributed by atoms with E-state index in [1.165, 1.54) is 37.8 Å². The summed E-state index contributed by atoms with van der Waals surface area (Å²) in [6.07, 6.45) is 6.83. The highest BCUT2D eigenvalue weighted by atomic mass is 15.2. The number of nitrogens with two attached hydrogens (primary N) is 1. The second kappa shape index (κ2) is 5.44. The maximum Gasteiger partial charge on any atom is 0.0372 e. The number of hydrogen-bond acceptors (Lipinski definition) is 2. The minimum Gasteiger partial charge on any atom is -0.399 e. The van der Waals surface area contributed by atoms with Gasteiger partial charge in [0.15, 0.2) is 0 Å². The highest BCUT2D eigenvalue weighted by Gasteiger charge is 2.23. The summed E-state index contributed by atoms with van der Waals surface area (Å²) in [6.45, 7) is 4.57. The molecule has 0 spiro atoms. The Balaban J connectivity index is 2.18. The molecule has 0 unspecified atom stereocenters. The number of benzene rings is 1. The van der Waals surface area contributed by atoms with Crippen LogP contribution in [-0.2, 0) is 0 Å². The van der Waals surface area contributed by atoms with Crippen molar-refractivity contribution < 1.29 is 0 Å². The maximum atomic E-state index is 5.76. The van der Waals surface area contributed by atoms with Gasteiger partial charge in [0.2, 0.25) is 0 Å². The summed E-state index contributed by atoms with van der Waals surface area (Å²) in [5.41, 5.74) is 7.93. The molecule has 1 saturated carbocycles. The third kappa shape index (κ3) is 2.93. The first-order chi connectivity index (χ1) is 8.18. The molecular formula is C15H24N2. The minimum atomic E-state index is 0.557. The largest absolute Gasteiger partial charge is 0.399 e. The van der Waals surface area contributed by atoms with Crippen LogP contribution in [0.1, 0.15) is 46.0 Å². The van der Waals surface area contributed by atoms with Crippen LogP contribution in [0, 0.1) is 0 Å². The fraction of sp³-hybridized carbons (Fsp3) is 0.600. The van der Waals surface area contributed by atoms with Crippen molar-refractivity contribution in [2.24, 2.45) is 0 Å². The summed E-state index contributed by atoms with van der Waals surface area (Å²) in [5, 5.41) is 0. The highest BCUT2D eigenvalue weighted by Crippen LogP contribution is 2.29. The fourth-order valence-corrected chi connectivity index (χ4v) is 2.94. The molecule has 0 amide bonds. The van der Waals surface area contributed by atoms with Crippen molar-refractivity contribution in [2.75, 3.05) is 10.6 Å². The van der Waals surface area contributed by atoms with E-state index in [0.717, 1.165) is 5.69 Å². The van der Waals surface area contributed by atoms with Gasteiger partial charge in [-0.15, -0.1) is 0 Å². The number of hydrogen-bond donors (Lipinski definition) is 1. The molecule has 1 aliphatic carbocycles. The van der Waals surface area contributed by atoms with Crippen molar-refractivity contribution >= 4 is 11.4 Å². The summed E-state index contributed by atoms with van der Waals surface area (Å²) >= 11 is 0. The molecule has 1 aliphatic rings. The average molecular weight is 232 g/mol. The number of rotatable bonds is 3. The predicted molar refractivity (Wildman–Crippen MR) is 75.3 cm³/mol. The lowest BCUT2D eigenvalue weighted by Gasteiger charge is -2.39. The van der Waals surface area contributed by atoms with Crippen LogP contribution in [0.4, 0.5) is 11.4 Å². The molecule has 17 heavy (non-hydrogen) atoms.